The highest BCUT2D eigenvalue weighted by Crippen LogP contribution is 1.96. The minimum atomic E-state index is -0.174. The van der Waals surface area contributed by atoms with Gasteiger partial charge in [0, 0.05) is 19.7 Å². The largest absolute Gasteiger partial charge is 0.396 e. The number of rotatable bonds is 7. The molecule has 0 bridgehead atoms. The Labute approximate surface area is 78.5 Å². The van der Waals surface area contributed by atoms with Crippen molar-refractivity contribution in [2.45, 2.75) is 12.8 Å². The number of hydrogen-bond donors (Lipinski definition) is 2. The van der Waals surface area contributed by atoms with E-state index < -0.39 is 0 Å². The van der Waals surface area contributed by atoms with Crippen molar-refractivity contribution in [1.29, 1.82) is 0 Å². The first-order chi connectivity index (χ1) is 6.26. The zero-order chi connectivity index (χ0) is 10.1. The lowest BCUT2D eigenvalue weighted by atomic mass is 10.3. The molecule has 0 atom stereocenters. The Morgan fingerprint density at radius 3 is 2.38 bits per heavy atom. The van der Waals surface area contributed by atoms with E-state index in [1.807, 2.05) is 0 Å². The van der Waals surface area contributed by atoms with Crippen molar-refractivity contribution in [3.63, 3.8) is 0 Å². The van der Waals surface area contributed by atoms with Gasteiger partial charge in [0.25, 0.3) is 0 Å². The standard InChI is InChI=1S/C9H17NO3/c1-2-9(13)10(6-8-12)5-3-4-7-11/h2,11-12H,1,3-8H2. The topological polar surface area (TPSA) is 60.8 Å². The van der Waals surface area contributed by atoms with Crippen LogP contribution in [0.4, 0.5) is 0 Å². The Bertz CT molecular complexity index is 159. The molecule has 4 nitrogen and oxygen atoms in total. The van der Waals surface area contributed by atoms with Gasteiger partial charge >= 0.3 is 0 Å². The van der Waals surface area contributed by atoms with E-state index >= 15 is 0 Å². The van der Waals surface area contributed by atoms with Gasteiger partial charge in [-0.3, -0.25) is 4.79 Å². The minimum absolute atomic E-state index is 0.0430. The molecule has 0 aromatic rings. The highest BCUT2D eigenvalue weighted by molar-refractivity contribution is 5.86. The lowest BCUT2D eigenvalue weighted by Gasteiger charge is -2.19. The zero-order valence-electron chi connectivity index (χ0n) is 7.78. The summed E-state index contributed by atoms with van der Waals surface area (Å²) in [6, 6.07) is 0. The van der Waals surface area contributed by atoms with Crippen LogP contribution in [0.25, 0.3) is 0 Å². The van der Waals surface area contributed by atoms with Crippen molar-refractivity contribution in [3.05, 3.63) is 12.7 Å². The number of carbonyl (C=O) groups is 1. The summed E-state index contributed by atoms with van der Waals surface area (Å²) in [4.78, 5) is 12.6. The van der Waals surface area contributed by atoms with E-state index in [0.717, 1.165) is 6.42 Å². The highest BCUT2D eigenvalue weighted by Gasteiger charge is 2.07. The van der Waals surface area contributed by atoms with Crippen molar-refractivity contribution >= 4 is 5.91 Å². The van der Waals surface area contributed by atoms with Crippen LogP contribution in [0.3, 0.4) is 0 Å². The molecule has 2 N–H and O–H groups in total. The smallest absolute Gasteiger partial charge is 0.246 e. The molecule has 0 aliphatic carbocycles. The second-order valence-corrected chi connectivity index (χ2v) is 2.68. The molecular weight excluding hydrogens is 170 g/mol. The molecular formula is C9H17NO3. The van der Waals surface area contributed by atoms with Gasteiger partial charge < -0.3 is 15.1 Å². The second-order valence-electron chi connectivity index (χ2n) is 2.68. The number of amides is 1. The number of hydrogen-bond acceptors (Lipinski definition) is 3. The Morgan fingerprint density at radius 2 is 1.92 bits per heavy atom. The van der Waals surface area contributed by atoms with Gasteiger partial charge in [-0.1, -0.05) is 6.58 Å². The van der Waals surface area contributed by atoms with Gasteiger partial charge in [0.2, 0.25) is 5.91 Å². The molecule has 1 amide bonds. The summed E-state index contributed by atoms with van der Waals surface area (Å²) in [5.74, 6) is -0.174. The fraction of sp³-hybridized carbons (Fsp3) is 0.667. The van der Waals surface area contributed by atoms with Crippen LogP contribution in [-0.2, 0) is 4.79 Å². The number of aliphatic hydroxyl groups is 2. The van der Waals surface area contributed by atoms with Gasteiger partial charge in [-0.2, -0.15) is 0 Å². The third-order valence-corrected chi connectivity index (χ3v) is 1.69. The van der Waals surface area contributed by atoms with Crippen LogP contribution in [0, 0.1) is 0 Å². The van der Waals surface area contributed by atoms with E-state index in [1.54, 1.807) is 0 Å². The Balaban J connectivity index is 3.79. The molecule has 0 aromatic carbocycles. The normalized spacial score (nSPS) is 9.69. The lowest BCUT2D eigenvalue weighted by molar-refractivity contribution is -0.126. The first kappa shape index (κ1) is 12.1. The molecule has 0 saturated heterocycles. The third-order valence-electron chi connectivity index (χ3n) is 1.69. The first-order valence-corrected chi connectivity index (χ1v) is 4.39. The monoisotopic (exact) mass is 187 g/mol. The fourth-order valence-corrected chi connectivity index (χ4v) is 0.996. The molecule has 0 aliphatic heterocycles. The van der Waals surface area contributed by atoms with Crippen molar-refractivity contribution in [2.24, 2.45) is 0 Å². The van der Waals surface area contributed by atoms with E-state index in [2.05, 4.69) is 6.58 Å². The minimum Gasteiger partial charge on any atom is -0.396 e. The predicted octanol–water partition coefficient (Wildman–Crippen LogP) is -0.234. The van der Waals surface area contributed by atoms with Crippen molar-refractivity contribution in [2.75, 3.05) is 26.3 Å². The van der Waals surface area contributed by atoms with Gasteiger partial charge in [0.1, 0.15) is 0 Å². The summed E-state index contributed by atoms with van der Waals surface area (Å²) < 4.78 is 0. The van der Waals surface area contributed by atoms with Crippen LogP contribution in [0.1, 0.15) is 12.8 Å². The summed E-state index contributed by atoms with van der Waals surface area (Å²) in [6.07, 6.45) is 2.65. The lowest BCUT2D eigenvalue weighted by Crippen LogP contribution is -2.33. The van der Waals surface area contributed by atoms with Crippen LogP contribution in [0.2, 0.25) is 0 Å². The average Bonchev–Trinajstić information content (AvgIpc) is 2.16. The fourth-order valence-electron chi connectivity index (χ4n) is 0.996. The van der Waals surface area contributed by atoms with E-state index in [0.29, 0.717) is 19.5 Å². The highest BCUT2D eigenvalue weighted by atomic mass is 16.3. The van der Waals surface area contributed by atoms with Crippen molar-refractivity contribution in [1.82, 2.24) is 4.90 Å². The molecule has 4 heteroatoms. The molecule has 0 spiro atoms. The van der Waals surface area contributed by atoms with Gasteiger partial charge in [-0.15, -0.1) is 0 Å². The van der Waals surface area contributed by atoms with Crippen LogP contribution < -0.4 is 0 Å². The van der Waals surface area contributed by atoms with Gasteiger partial charge in [0.05, 0.1) is 6.61 Å². The van der Waals surface area contributed by atoms with Crippen LogP contribution in [0.5, 0.6) is 0 Å². The molecule has 13 heavy (non-hydrogen) atoms. The Morgan fingerprint density at radius 1 is 1.23 bits per heavy atom. The molecule has 0 unspecified atom stereocenters. The van der Waals surface area contributed by atoms with E-state index in [1.165, 1.54) is 11.0 Å². The zero-order valence-corrected chi connectivity index (χ0v) is 7.78. The molecule has 76 valence electrons. The number of unbranched alkanes of at least 4 members (excludes halogenated alkanes) is 1. The molecule has 0 rings (SSSR count). The summed E-state index contributed by atoms with van der Waals surface area (Å²) in [5, 5.41) is 17.2. The molecule has 0 aliphatic rings. The number of aliphatic hydroxyl groups excluding tert-OH is 2. The SMILES string of the molecule is C=CC(=O)N(CCO)CCCCO. The summed E-state index contributed by atoms with van der Waals surface area (Å²) in [7, 11) is 0. The molecule has 0 saturated carbocycles. The van der Waals surface area contributed by atoms with Crippen LogP contribution >= 0.6 is 0 Å². The number of nitrogens with zero attached hydrogens (tertiary/aromatic N) is 1. The van der Waals surface area contributed by atoms with Crippen LogP contribution in [0.15, 0.2) is 12.7 Å². The van der Waals surface area contributed by atoms with Gasteiger partial charge in [0.15, 0.2) is 0 Å². The second kappa shape index (κ2) is 7.76. The van der Waals surface area contributed by atoms with Gasteiger partial charge in [-0.05, 0) is 18.9 Å². The third kappa shape index (κ3) is 5.38. The quantitative estimate of drug-likeness (QED) is 0.427. The summed E-state index contributed by atoms with van der Waals surface area (Å²) >= 11 is 0. The van der Waals surface area contributed by atoms with Crippen molar-refractivity contribution in [3.8, 4) is 0 Å². The first-order valence-electron chi connectivity index (χ1n) is 4.39. The molecule has 0 radical (unpaired) electrons. The van der Waals surface area contributed by atoms with Crippen LogP contribution in [-0.4, -0.2) is 47.3 Å². The Kier molecular flexibility index (Phi) is 7.24. The maximum Gasteiger partial charge on any atom is 0.246 e. The van der Waals surface area contributed by atoms with E-state index in [9.17, 15) is 4.79 Å². The molecule has 0 aromatic heterocycles. The molecule has 0 fully saturated rings. The van der Waals surface area contributed by atoms with E-state index in [4.69, 9.17) is 10.2 Å². The maximum atomic E-state index is 11.1. The molecule has 0 heterocycles. The summed E-state index contributed by atoms with van der Waals surface area (Å²) in [6.45, 7) is 4.35. The number of carbonyl (C=O) groups excluding carboxylic acids is 1. The van der Waals surface area contributed by atoms with Gasteiger partial charge in [-0.25, -0.2) is 0 Å². The maximum absolute atomic E-state index is 11.1. The predicted molar refractivity (Wildman–Crippen MR) is 50.2 cm³/mol. The Hall–Kier alpha value is -0.870. The van der Waals surface area contributed by atoms with E-state index in [-0.39, 0.29) is 19.1 Å². The van der Waals surface area contributed by atoms with Crippen molar-refractivity contribution < 1.29 is 15.0 Å². The average molecular weight is 187 g/mol. The summed E-state index contributed by atoms with van der Waals surface area (Å²) in [5.41, 5.74) is 0.